The van der Waals surface area contributed by atoms with Crippen molar-refractivity contribution in [2.45, 2.75) is 6.42 Å². The Morgan fingerprint density at radius 2 is 1.90 bits per heavy atom. The number of nitrogens with two attached hydrogens (primary N) is 1. The number of nitro groups is 1. The molecule has 0 spiro atoms. The number of anilines is 2. The van der Waals surface area contributed by atoms with Gasteiger partial charge in [0.2, 0.25) is 0 Å². The van der Waals surface area contributed by atoms with Gasteiger partial charge in [-0.25, -0.2) is 0 Å². The Balaban J connectivity index is 1.94. The molecule has 0 amide bonds. The van der Waals surface area contributed by atoms with Crippen LogP contribution in [0, 0.1) is 10.1 Å². The maximum Gasteiger partial charge on any atom is 0.270 e. The summed E-state index contributed by atoms with van der Waals surface area (Å²) in [5, 5.41) is 13.9. The largest absolute Gasteiger partial charge is 0.399 e. The molecule has 0 bridgehead atoms. The maximum atomic E-state index is 10.6. The van der Waals surface area contributed by atoms with Crippen LogP contribution < -0.4 is 11.1 Å². The second-order valence-corrected chi connectivity index (χ2v) is 5.19. The molecule has 0 saturated heterocycles. The van der Waals surface area contributed by atoms with Crippen molar-refractivity contribution in [2.75, 3.05) is 17.6 Å². The average molecular weight is 336 g/mol. The van der Waals surface area contributed by atoms with Crippen LogP contribution in [0.3, 0.4) is 0 Å². The molecular weight excluding hydrogens is 322 g/mol. The Hall–Kier alpha value is -2.08. The summed E-state index contributed by atoms with van der Waals surface area (Å²) in [6.07, 6.45) is 0.851. The average Bonchev–Trinajstić information content (AvgIpc) is 2.42. The third-order valence-electron chi connectivity index (χ3n) is 2.87. The van der Waals surface area contributed by atoms with Crippen LogP contribution in [0.1, 0.15) is 5.56 Å². The summed E-state index contributed by atoms with van der Waals surface area (Å²) in [4.78, 5) is 10.2. The Labute approximate surface area is 125 Å². The Morgan fingerprint density at radius 1 is 1.20 bits per heavy atom. The molecule has 0 aromatic heterocycles. The quantitative estimate of drug-likeness (QED) is 0.497. The number of nitrogens with zero attached hydrogens (tertiary/aromatic N) is 1. The first kappa shape index (κ1) is 14.3. The van der Waals surface area contributed by atoms with Gasteiger partial charge in [-0.1, -0.05) is 12.1 Å². The molecule has 3 N–H and O–H groups in total. The second-order valence-electron chi connectivity index (χ2n) is 4.34. The monoisotopic (exact) mass is 335 g/mol. The maximum absolute atomic E-state index is 10.6. The van der Waals surface area contributed by atoms with Crippen molar-refractivity contribution >= 4 is 33.0 Å². The smallest absolute Gasteiger partial charge is 0.270 e. The van der Waals surface area contributed by atoms with Crippen LogP contribution in [0.15, 0.2) is 46.9 Å². The van der Waals surface area contributed by atoms with Gasteiger partial charge < -0.3 is 11.1 Å². The highest BCUT2D eigenvalue weighted by atomic mass is 79.9. The summed E-state index contributed by atoms with van der Waals surface area (Å²) in [5.74, 6) is 0. The number of benzene rings is 2. The lowest BCUT2D eigenvalue weighted by molar-refractivity contribution is -0.384. The van der Waals surface area contributed by atoms with Gasteiger partial charge in [0.15, 0.2) is 0 Å². The fraction of sp³-hybridized carbons (Fsp3) is 0.143. The van der Waals surface area contributed by atoms with E-state index in [0.29, 0.717) is 4.47 Å². The lowest BCUT2D eigenvalue weighted by atomic mass is 10.1. The van der Waals surface area contributed by atoms with Crippen LogP contribution >= 0.6 is 15.9 Å². The zero-order valence-corrected chi connectivity index (χ0v) is 12.3. The standard InChI is InChI=1S/C14H14BrN3O2/c15-13-9-12(18(19)20)5-6-14(13)17-8-7-10-1-3-11(16)4-2-10/h1-6,9,17H,7-8,16H2. The molecular formula is C14H14BrN3O2. The molecule has 2 aromatic rings. The van der Waals surface area contributed by atoms with E-state index in [2.05, 4.69) is 21.2 Å². The number of rotatable bonds is 5. The van der Waals surface area contributed by atoms with Crippen molar-refractivity contribution < 1.29 is 4.92 Å². The lowest BCUT2D eigenvalue weighted by Gasteiger charge is -2.08. The first-order chi connectivity index (χ1) is 9.56. The molecule has 0 aliphatic carbocycles. The molecule has 0 heterocycles. The van der Waals surface area contributed by atoms with Gasteiger partial charge in [0, 0.05) is 34.5 Å². The van der Waals surface area contributed by atoms with Crippen LogP contribution in [0.25, 0.3) is 0 Å². The Bertz CT molecular complexity index is 614. The van der Waals surface area contributed by atoms with Crippen LogP contribution in [-0.2, 0) is 6.42 Å². The summed E-state index contributed by atoms with van der Waals surface area (Å²) >= 11 is 3.33. The van der Waals surface area contributed by atoms with E-state index < -0.39 is 4.92 Å². The SMILES string of the molecule is Nc1ccc(CCNc2ccc([N+](=O)[O-])cc2Br)cc1. The predicted molar refractivity (Wildman–Crippen MR) is 83.8 cm³/mol. The summed E-state index contributed by atoms with van der Waals surface area (Å²) in [6, 6.07) is 12.4. The van der Waals surface area contributed by atoms with Crippen molar-refractivity contribution in [2.24, 2.45) is 0 Å². The van der Waals surface area contributed by atoms with Gasteiger partial charge in [-0.2, -0.15) is 0 Å². The van der Waals surface area contributed by atoms with Crippen LogP contribution in [-0.4, -0.2) is 11.5 Å². The van der Waals surface area contributed by atoms with Gasteiger partial charge in [0.25, 0.3) is 5.69 Å². The fourth-order valence-corrected chi connectivity index (χ4v) is 2.29. The predicted octanol–water partition coefficient (Wildman–Crippen LogP) is 3.59. The molecule has 0 fully saturated rings. The molecule has 2 rings (SSSR count). The van der Waals surface area contributed by atoms with Crippen LogP contribution in [0.4, 0.5) is 17.1 Å². The van der Waals surface area contributed by atoms with E-state index in [0.717, 1.165) is 24.3 Å². The summed E-state index contributed by atoms with van der Waals surface area (Å²) in [6.45, 7) is 0.736. The number of nitro benzene ring substituents is 1. The molecule has 5 nitrogen and oxygen atoms in total. The zero-order valence-electron chi connectivity index (χ0n) is 10.7. The number of non-ortho nitro benzene ring substituents is 1. The van der Waals surface area contributed by atoms with Crippen molar-refractivity contribution in [1.29, 1.82) is 0 Å². The van der Waals surface area contributed by atoms with E-state index in [9.17, 15) is 10.1 Å². The minimum absolute atomic E-state index is 0.0703. The Morgan fingerprint density at radius 3 is 2.50 bits per heavy atom. The first-order valence-corrected chi connectivity index (χ1v) is 6.88. The van der Waals surface area contributed by atoms with Crippen LogP contribution in [0.2, 0.25) is 0 Å². The summed E-state index contributed by atoms with van der Waals surface area (Å²) in [5.41, 5.74) is 8.47. The van der Waals surface area contributed by atoms with E-state index in [-0.39, 0.29) is 5.69 Å². The summed E-state index contributed by atoms with van der Waals surface area (Å²) in [7, 11) is 0. The number of nitrogen functional groups attached to an aromatic ring is 1. The molecule has 0 aliphatic heterocycles. The number of nitrogens with one attached hydrogen (secondary N) is 1. The highest BCUT2D eigenvalue weighted by Crippen LogP contribution is 2.27. The number of hydrogen-bond acceptors (Lipinski definition) is 4. The minimum Gasteiger partial charge on any atom is -0.399 e. The van der Waals surface area contributed by atoms with Crippen molar-refractivity contribution in [3.63, 3.8) is 0 Å². The van der Waals surface area contributed by atoms with Gasteiger partial charge >= 0.3 is 0 Å². The van der Waals surface area contributed by atoms with Gasteiger partial charge in [-0.15, -0.1) is 0 Å². The molecule has 104 valence electrons. The molecule has 0 aliphatic rings. The second kappa shape index (κ2) is 6.38. The van der Waals surface area contributed by atoms with Gasteiger partial charge in [-0.3, -0.25) is 10.1 Å². The minimum atomic E-state index is -0.414. The molecule has 0 atom stereocenters. The normalized spacial score (nSPS) is 10.2. The van der Waals surface area contributed by atoms with E-state index in [1.165, 1.54) is 17.7 Å². The Kier molecular flexibility index (Phi) is 4.57. The molecule has 20 heavy (non-hydrogen) atoms. The summed E-state index contributed by atoms with van der Waals surface area (Å²) < 4.78 is 0.684. The number of halogens is 1. The lowest BCUT2D eigenvalue weighted by Crippen LogP contribution is -2.05. The van der Waals surface area contributed by atoms with Crippen molar-refractivity contribution in [1.82, 2.24) is 0 Å². The molecule has 2 aromatic carbocycles. The zero-order chi connectivity index (χ0) is 14.5. The molecule has 0 unspecified atom stereocenters. The number of hydrogen-bond donors (Lipinski definition) is 2. The first-order valence-electron chi connectivity index (χ1n) is 6.08. The van der Waals surface area contributed by atoms with Crippen molar-refractivity contribution in [3.8, 4) is 0 Å². The van der Waals surface area contributed by atoms with E-state index in [1.807, 2.05) is 24.3 Å². The van der Waals surface area contributed by atoms with E-state index in [4.69, 9.17) is 5.73 Å². The van der Waals surface area contributed by atoms with Crippen molar-refractivity contribution in [3.05, 3.63) is 62.6 Å². The third-order valence-corrected chi connectivity index (χ3v) is 3.53. The van der Waals surface area contributed by atoms with Gasteiger partial charge in [0.05, 0.1) is 4.92 Å². The third kappa shape index (κ3) is 3.71. The van der Waals surface area contributed by atoms with E-state index in [1.54, 1.807) is 6.07 Å². The van der Waals surface area contributed by atoms with Gasteiger partial charge in [-0.05, 0) is 46.1 Å². The van der Waals surface area contributed by atoms with E-state index >= 15 is 0 Å². The molecule has 6 heteroatoms. The topological polar surface area (TPSA) is 81.2 Å². The molecule has 0 saturated carbocycles. The highest BCUT2D eigenvalue weighted by molar-refractivity contribution is 9.10. The molecule has 0 radical (unpaired) electrons. The highest BCUT2D eigenvalue weighted by Gasteiger charge is 2.08. The van der Waals surface area contributed by atoms with Crippen LogP contribution in [0.5, 0.6) is 0 Å². The van der Waals surface area contributed by atoms with Gasteiger partial charge in [0.1, 0.15) is 0 Å². The fourth-order valence-electron chi connectivity index (χ4n) is 1.79.